The Bertz CT molecular complexity index is 130. The van der Waals surface area contributed by atoms with Crippen LogP contribution in [-0.2, 0) is 0 Å². The first-order chi connectivity index (χ1) is 7.63. The van der Waals surface area contributed by atoms with E-state index in [4.69, 9.17) is 0 Å². The average molecular weight is 242 g/mol. The Morgan fingerprint density at radius 3 is 1.19 bits per heavy atom. The van der Waals surface area contributed by atoms with Crippen molar-refractivity contribution in [3.8, 4) is 0 Å². The molecule has 0 saturated heterocycles. The third-order valence-electron chi connectivity index (χ3n) is 4.09. The summed E-state index contributed by atoms with van der Waals surface area (Å²) in [5, 5.41) is 0.757. The fraction of sp³-hybridized carbons (Fsp3) is 1.00. The van der Waals surface area contributed by atoms with Gasteiger partial charge in [0.05, 0.1) is 0 Å². The van der Waals surface area contributed by atoms with Gasteiger partial charge in [0.25, 0.3) is 0 Å². The molecule has 0 aliphatic heterocycles. The molecule has 0 N–H and O–H groups in total. The Kier molecular flexibility index (Phi) is 9.39. The fourth-order valence-corrected chi connectivity index (χ4v) is 4.70. The van der Waals surface area contributed by atoms with Gasteiger partial charge in [-0.05, 0) is 5.04 Å². The molecule has 0 spiro atoms. The van der Waals surface area contributed by atoms with Crippen molar-refractivity contribution in [2.75, 3.05) is 0 Å². The second kappa shape index (κ2) is 9.27. The first-order valence-corrected chi connectivity index (χ1v) is 9.93. The summed E-state index contributed by atoms with van der Waals surface area (Å²) in [5.41, 5.74) is 0. The summed E-state index contributed by atoms with van der Waals surface area (Å²) in [7, 11) is -0.150. The molecule has 0 fully saturated rings. The monoisotopic (exact) mass is 241 g/mol. The molecule has 0 aliphatic rings. The Morgan fingerprint density at radius 1 is 0.688 bits per heavy atom. The largest absolute Gasteiger partial charge is 0.0709 e. The highest BCUT2D eigenvalue weighted by atomic mass is 28.3. The van der Waals surface area contributed by atoms with Gasteiger partial charge in [0.1, 0.15) is 0 Å². The summed E-state index contributed by atoms with van der Waals surface area (Å²) >= 11 is 0. The van der Waals surface area contributed by atoms with Crippen LogP contribution >= 0.6 is 0 Å². The molecule has 16 heavy (non-hydrogen) atoms. The summed E-state index contributed by atoms with van der Waals surface area (Å²) in [5.74, 6) is 0. The molecular formula is C15H33Si. The van der Waals surface area contributed by atoms with Gasteiger partial charge >= 0.3 is 0 Å². The molecule has 1 heteroatoms. The summed E-state index contributed by atoms with van der Waals surface area (Å²) in [4.78, 5) is 0. The summed E-state index contributed by atoms with van der Waals surface area (Å²) in [6.45, 7) is 12.1. The number of hydrogen-bond donors (Lipinski definition) is 0. The SMILES string of the molecule is CCCCC(CCCC)(CCCC)[Si](C)C. The average Bonchev–Trinajstić information content (AvgIpc) is 2.28. The van der Waals surface area contributed by atoms with Crippen LogP contribution in [0, 0.1) is 0 Å². The first-order valence-electron chi connectivity index (χ1n) is 7.43. The van der Waals surface area contributed by atoms with Crippen molar-refractivity contribution < 1.29 is 0 Å². The molecule has 0 bridgehead atoms. The molecule has 0 heterocycles. The summed E-state index contributed by atoms with van der Waals surface area (Å²) in [6, 6.07) is 0. The van der Waals surface area contributed by atoms with Gasteiger partial charge < -0.3 is 0 Å². The van der Waals surface area contributed by atoms with Crippen molar-refractivity contribution >= 4 is 8.80 Å². The molecular weight excluding hydrogens is 208 g/mol. The van der Waals surface area contributed by atoms with E-state index in [-0.39, 0.29) is 8.80 Å². The topological polar surface area (TPSA) is 0 Å². The molecule has 97 valence electrons. The molecule has 0 aromatic rings. The molecule has 0 aromatic heterocycles. The maximum Gasteiger partial charge on any atom is 0.0480 e. The quantitative estimate of drug-likeness (QED) is 0.408. The van der Waals surface area contributed by atoms with Crippen LogP contribution in [0.5, 0.6) is 0 Å². The van der Waals surface area contributed by atoms with E-state index in [1.54, 1.807) is 0 Å². The lowest BCUT2D eigenvalue weighted by Gasteiger charge is -2.37. The second-order valence-corrected chi connectivity index (χ2v) is 8.65. The molecule has 0 atom stereocenters. The minimum atomic E-state index is -0.150. The fourth-order valence-electron chi connectivity index (χ4n) is 2.67. The third kappa shape index (κ3) is 5.52. The zero-order chi connectivity index (χ0) is 12.4. The highest BCUT2D eigenvalue weighted by Crippen LogP contribution is 2.46. The maximum absolute atomic E-state index is 2.55. The minimum Gasteiger partial charge on any atom is -0.0709 e. The molecule has 0 aliphatic carbocycles. The van der Waals surface area contributed by atoms with Crippen LogP contribution in [0.3, 0.4) is 0 Å². The van der Waals surface area contributed by atoms with Gasteiger partial charge in [-0.15, -0.1) is 0 Å². The van der Waals surface area contributed by atoms with E-state index in [0.717, 1.165) is 5.04 Å². The van der Waals surface area contributed by atoms with Crippen LogP contribution in [0.4, 0.5) is 0 Å². The van der Waals surface area contributed by atoms with Gasteiger partial charge in [0.15, 0.2) is 0 Å². The highest BCUT2D eigenvalue weighted by molar-refractivity contribution is 6.59. The Morgan fingerprint density at radius 2 is 1.00 bits per heavy atom. The van der Waals surface area contributed by atoms with E-state index in [1.807, 2.05) is 0 Å². The van der Waals surface area contributed by atoms with Gasteiger partial charge in [0.2, 0.25) is 0 Å². The van der Waals surface area contributed by atoms with Crippen LogP contribution in [0.2, 0.25) is 18.1 Å². The molecule has 0 saturated carbocycles. The van der Waals surface area contributed by atoms with Crippen LogP contribution in [0.25, 0.3) is 0 Å². The van der Waals surface area contributed by atoms with E-state index in [0.29, 0.717) is 0 Å². The summed E-state index contributed by atoms with van der Waals surface area (Å²) in [6.07, 6.45) is 13.0. The zero-order valence-corrected chi connectivity index (χ0v) is 13.4. The maximum atomic E-state index is 2.55. The normalized spacial score (nSPS) is 12.4. The third-order valence-corrected chi connectivity index (χ3v) is 6.96. The van der Waals surface area contributed by atoms with Crippen molar-refractivity contribution in [2.45, 2.75) is 96.7 Å². The van der Waals surface area contributed by atoms with Gasteiger partial charge in [0, 0.05) is 8.80 Å². The molecule has 0 rings (SSSR count). The molecule has 1 radical (unpaired) electrons. The Labute approximate surface area is 106 Å². The van der Waals surface area contributed by atoms with Crippen molar-refractivity contribution in [2.24, 2.45) is 0 Å². The number of unbranched alkanes of at least 4 members (excludes halogenated alkanes) is 3. The van der Waals surface area contributed by atoms with Gasteiger partial charge in [-0.2, -0.15) is 0 Å². The van der Waals surface area contributed by atoms with E-state index in [2.05, 4.69) is 33.9 Å². The number of rotatable bonds is 10. The van der Waals surface area contributed by atoms with E-state index < -0.39 is 0 Å². The smallest absolute Gasteiger partial charge is 0.0480 e. The minimum absolute atomic E-state index is 0.150. The van der Waals surface area contributed by atoms with Crippen molar-refractivity contribution in [3.63, 3.8) is 0 Å². The molecule has 0 amide bonds. The first kappa shape index (κ1) is 16.2. The Hall–Kier alpha value is 0.217. The standard InChI is InChI=1S/C15H33Si/c1-6-9-12-15(16(4)5,13-10-7-2)14-11-8-3/h6-14H2,1-5H3. The second-order valence-electron chi connectivity index (χ2n) is 5.59. The van der Waals surface area contributed by atoms with Crippen LogP contribution < -0.4 is 0 Å². The van der Waals surface area contributed by atoms with E-state index in [1.165, 1.54) is 57.8 Å². The zero-order valence-electron chi connectivity index (χ0n) is 12.4. The lowest BCUT2D eigenvalue weighted by atomic mass is 9.89. The number of hydrogen-bond acceptors (Lipinski definition) is 0. The lowest BCUT2D eigenvalue weighted by Crippen LogP contribution is -2.28. The molecule has 0 unspecified atom stereocenters. The highest BCUT2D eigenvalue weighted by Gasteiger charge is 2.32. The predicted molar refractivity (Wildman–Crippen MR) is 78.8 cm³/mol. The summed E-state index contributed by atoms with van der Waals surface area (Å²) < 4.78 is 0. The van der Waals surface area contributed by atoms with Crippen molar-refractivity contribution in [1.82, 2.24) is 0 Å². The van der Waals surface area contributed by atoms with Crippen LogP contribution in [0.15, 0.2) is 0 Å². The van der Waals surface area contributed by atoms with Crippen molar-refractivity contribution in [1.29, 1.82) is 0 Å². The predicted octanol–water partition coefficient (Wildman–Crippen LogP) is 6.05. The van der Waals surface area contributed by atoms with Crippen LogP contribution in [0.1, 0.15) is 78.6 Å². The molecule has 0 aromatic carbocycles. The molecule has 0 nitrogen and oxygen atoms in total. The van der Waals surface area contributed by atoms with E-state index >= 15 is 0 Å². The lowest BCUT2D eigenvalue weighted by molar-refractivity contribution is 0.394. The van der Waals surface area contributed by atoms with Crippen LogP contribution in [-0.4, -0.2) is 8.80 Å². The Balaban J connectivity index is 4.46. The van der Waals surface area contributed by atoms with Crippen molar-refractivity contribution in [3.05, 3.63) is 0 Å². The van der Waals surface area contributed by atoms with Gasteiger partial charge in [-0.3, -0.25) is 0 Å². The van der Waals surface area contributed by atoms with E-state index in [9.17, 15) is 0 Å². The van der Waals surface area contributed by atoms with Gasteiger partial charge in [-0.1, -0.05) is 91.7 Å². The van der Waals surface area contributed by atoms with Gasteiger partial charge in [-0.25, -0.2) is 0 Å².